The molecule has 1 unspecified atom stereocenters. The number of nitrogens with one attached hydrogen (secondary N) is 2. The van der Waals surface area contributed by atoms with Crippen LogP contribution in [0.25, 0.3) is 0 Å². The number of benzene rings is 1. The molecule has 8 nitrogen and oxygen atoms in total. The van der Waals surface area contributed by atoms with E-state index in [0.717, 1.165) is 0 Å². The van der Waals surface area contributed by atoms with Crippen molar-refractivity contribution in [3.63, 3.8) is 0 Å². The Hall–Kier alpha value is -3.37. The summed E-state index contributed by atoms with van der Waals surface area (Å²) in [4.78, 5) is 40.6. The number of amides is 4. The van der Waals surface area contributed by atoms with Crippen molar-refractivity contribution in [3.8, 4) is 0 Å². The third kappa shape index (κ3) is 4.13. The van der Waals surface area contributed by atoms with Crippen molar-refractivity contribution < 1.29 is 27.6 Å². The molecule has 2 aromatic rings. The number of halogens is 3. The van der Waals surface area contributed by atoms with Crippen molar-refractivity contribution in [2.75, 3.05) is 11.4 Å². The lowest BCUT2D eigenvalue weighted by atomic mass is 10.1. The lowest BCUT2D eigenvalue weighted by Gasteiger charge is -2.13. The summed E-state index contributed by atoms with van der Waals surface area (Å²) in [5, 5.41) is 5.02. The van der Waals surface area contributed by atoms with Crippen LogP contribution in [-0.2, 0) is 16.1 Å². The molecule has 1 aromatic carbocycles. The molecule has 1 atom stereocenters. The smallest absolute Gasteiger partial charge is 0.329 e. The maximum Gasteiger partial charge on any atom is 0.329 e. The van der Waals surface area contributed by atoms with Crippen LogP contribution >= 0.6 is 0 Å². The number of rotatable bonds is 7. The summed E-state index contributed by atoms with van der Waals surface area (Å²) in [6.07, 6.45) is 4.93. The molecule has 2 heterocycles. The molecular weight excluding hydrogens is 379 g/mol. The first-order valence-electron chi connectivity index (χ1n) is 8.38. The van der Waals surface area contributed by atoms with Gasteiger partial charge in [-0.1, -0.05) is 0 Å². The molecule has 28 heavy (non-hydrogen) atoms. The fourth-order valence-electron chi connectivity index (χ4n) is 2.75. The fourth-order valence-corrected chi connectivity index (χ4v) is 2.75. The zero-order valence-electron chi connectivity index (χ0n) is 14.5. The first-order valence-corrected chi connectivity index (χ1v) is 8.38. The Balaban J connectivity index is 1.54. The largest absolute Gasteiger partial charge is 0.354 e. The quantitative estimate of drug-likeness (QED) is 0.546. The molecule has 0 radical (unpaired) electrons. The van der Waals surface area contributed by atoms with Crippen LogP contribution in [0.4, 0.5) is 23.7 Å². The van der Waals surface area contributed by atoms with Crippen LogP contribution < -0.4 is 15.5 Å². The monoisotopic (exact) mass is 395 g/mol. The van der Waals surface area contributed by atoms with E-state index in [4.69, 9.17) is 0 Å². The standard InChI is InChI=1S/C17H16F3N5O3/c18-11-7-10(8-12(19)15(11)20)25-16(27)13(23-17(25)28)1-2-14(26)22-4-6-24-5-3-21-9-24/h3,5,7-9,13H,1-2,4,6H2,(H,22,26)(H,23,28). The molecule has 148 valence electrons. The average Bonchev–Trinajstić information content (AvgIpc) is 3.25. The van der Waals surface area contributed by atoms with Gasteiger partial charge in [0.15, 0.2) is 17.5 Å². The van der Waals surface area contributed by atoms with Crippen LogP contribution in [-0.4, -0.2) is 40.0 Å². The zero-order valence-corrected chi connectivity index (χ0v) is 14.5. The minimum atomic E-state index is -1.69. The molecular formula is C17H16F3N5O3. The number of carbonyl (C=O) groups is 3. The van der Waals surface area contributed by atoms with Gasteiger partial charge in [0.25, 0.3) is 5.91 Å². The van der Waals surface area contributed by atoms with E-state index in [1.165, 1.54) is 0 Å². The van der Waals surface area contributed by atoms with Crippen molar-refractivity contribution >= 4 is 23.5 Å². The van der Waals surface area contributed by atoms with Gasteiger partial charge in [0.05, 0.1) is 12.0 Å². The molecule has 2 N–H and O–H groups in total. The zero-order chi connectivity index (χ0) is 20.3. The van der Waals surface area contributed by atoms with Crippen LogP contribution in [0.3, 0.4) is 0 Å². The van der Waals surface area contributed by atoms with Crippen molar-refractivity contribution in [3.05, 3.63) is 48.3 Å². The molecule has 4 amide bonds. The highest BCUT2D eigenvalue weighted by atomic mass is 19.2. The first-order chi connectivity index (χ1) is 13.4. The van der Waals surface area contributed by atoms with E-state index >= 15 is 0 Å². The number of imide groups is 1. The third-order valence-electron chi connectivity index (χ3n) is 4.16. The van der Waals surface area contributed by atoms with Gasteiger partial charge in [0.2, 0.25) is 5.91 Å². The summed E-state index contributed by atoms with van der Waals surface area (Å²) < 4.78 is 41.6. The first kappa shape index (κ1) is 19.4. The highest BCUT2D eigenvalue weighted by Gasteiger charge is 2.39. The highest BCUT2D eigenvalue weighted by Crippen LogP contribution is 2.25. The molecule has 1 aliphatic rings. The van der Waals surface area contributed by atoms with Crippen LogP contribution in [0.5, 0.6) is 0 Å². The van der Waals surface area contributed by atoms with Gasteiger partial charge >= 0.3 is 6.03 Å². The number of hydrogen-bond acceptors (Lipinski definition) is 4. The maximum atomic E-state index is 13.4. The molecule has 3 rings (SSSR count). The fraction of sp³-hybridized carbons (Fsp3) is 0.294. The van der Waals surface area contributed by atoms with Crippen molar-refractivity contribution in [2.45, 2.75) is 25.4 Å². The number of hydrogen-bond donors (Lipinski definition) is 2. The molecule has 0 bridgehead atoms. The van der Waals surface area contributed by atoms with E-state index in [1.54, 1.807) is 23.3 Å². The third-order valence-corrected chi connectivity index (χ3v) is 4.16. The van der Waals surface area contributed by atoms with E-state index in [9.17, 15) is 27.6 Å². The second-order valence-corrected chi connectivity index (χ2v) is 6.09. The molecule has 0 saturated carbocycles. The van der Waals surface area contributed by atoms with Gasteiger partial charge in [-0.2, -0.15) is 0 Å². The molecule has 1 fully saturated rings. The lowest BCUT2D eigenvalue weighted by molar-refractivity contribution is -0.121. The number of anilines is 1. The van der Waals surface area contributed by atoms with Gasteiger partial charge in [0, 0.05) is 44.0 Å². The molecule has 1 aromatic heterocycles. The van der Waals surface area contributed by atoms with E-state index in [-0.39, 0.29) is 18.7 Å². The van der Waals surface area contributed by atoms with E-state index in [1.807, 2.05) is 0 Å². The van der Waals surface area contributed by atoms with Crippen molar-refractivity contribution in [2.24, 2.45) is 0 Å². The second kappa shape index (κ2) is 8.11. The second-order valence-electron chi connectivity index (χ2n) is 6.09. The van der Waals surface area contributed by atoms with E-state index in [2.05, 4.69) is 15.6 Å². The highest BCUT2D eigenvalue weighted by molar-refractivity contribution is 6.21. The number of aromatic nitrogens is 2. The number of nitrogens with zero attached hydrogens (tertiary/aromatic N) is 3. The summed E-state index contributed by atoms with van der Waals surface area (Å²) >= 11 is 0. The molecule has 0 spiro atoms. The summed E-state index contributed by atoms with van der Waals surface area (Å²) in [6, 6.07) is -0.814. The van der Waals surface area contributed by atoms with Crippen LogP contribution in [0, 0.1) is 17.5 Å². The summed E-state index contributed by atoms with van der Waals surface area (Å²) in [6.45, 7) is 0.890. The molecule has 11 heteroatoms. The van der Waals surface area contributed by atoms with E-state index in [0.29, 0.717) is 30.1 Å². The summed E-state index contributed by atoms with van der Waals surface area (Å²) in [5.74, 6) is -5.83. The Bertz CT molecular complexity index is 880. The summed E-state index contributed by atoms with van der Waals surface area (Å²) in [7, 11) is 0. The molecule has 1 saturated heterocycles. The van der Waals surface area contributed by atoms with Gasteiger partial charge in [-0.25, -0.2) is 27.8 Å². The van der Waals surface area contributed by atoms with Gasteiger partial charge in [-0.05, 0) is 6.42 Å². The Kier molecular flexibility index (Phi) is 5.62. The topological polar surface area (TPSA) is 96.3 Å². The SMILES string of the molecule is O=C(CCC1NC(=O)N(c2cc(F)c(F)c(F)c2)C1=O)NCCn1ccnc1. The lowest BCUT2D eigenvalue weighted by Crippen LogP contribution is -2.33. The predicted molar refractivity (Wildman–Crippen MR) is 90.6 cm³/mol. The van der Waals surface area contributed by atoms with Crippen LogP contribution in [0.1, 0.15) is 12.8 Å². The van der Waals surface area contributed by atoms with Gasteiger partial charge in [0.1, 0.15) is 6.04 Å². The Morgan fingerprint density at radius 2 is 1.93 bits per heavy atom. The Morgan fingerprint density at radius 3 is 2.57 bits per heavy atom. The average molecular weight is 395 g/mol. The van der Waals surface area contributed by atoms with Gasteiger partial charge < -0.3 is 15.2 Å². The van der Waals surface area contributed by atoms with Crippen molar-refractivity contribution in [1.82, 2.24) is 20.2 Å². The van der Waals surface area contributed by atoms with Crippen LogP contribution in [0.2, 0.25) is 0 Å². The van der Waals surface area contributed by atoms with Gasteiger partial charge in [-0.3, -0.25) is 9.59 Å². The van der Waals surface area contributed by atoms with Crippen LogP contribution in [0.15, 0.2) is 30.9 Å². The predicted octanol–water partition coefficient (Wildman–Crippen LogP) is 1.32. The normalized spacial score (nSPS) is 16.4. The molecule has 0 aliphatic carbocycles. The Morgan fingerprint density at radius 1 is 1.21 bits per heavy atom. The number of imidazole rings is 1. The van der Waals surface area contributed by atoms with E-state index < -0.39 is 41.1 Å². The minimum absolute atomic E-state index is 0.00411. The van der Waals surface area contributed by atoms with Crippen molar-refractivity contribution in [1.29, 1.82) is 0 Å². The number of carbonyl (C=O) groups excluding carboxylic acids is 3. The molecule has 1 aliphatic heterocycles. The minimum Gasteiger partial charge on any atom is -0.354 e. The van der Waals surface area contributed by atoms with Gasteiger partial charge in [-0.15, -0.1) is 0 Å². The Labute approximate surface area is 157 Å². The number of urea groups is 1. The maximum absolute atomic E-state index is 13.4. The summed E-state index contributed by atoms with van der Waals surface area (Å²) in [5.41, 5.74) is -0.425.